The highest BCUT2D eigenvalue weighted by atomic mass is 32.2. The molecule has 0 unspecified atom stereocenters. The predicted molar refractivity (Wildman–Crippen MR) is 65.0 cm³/mol. The van der Waals surface area contributed by atoms with Crippen molar-refractivity contribution in [2.24, 2.45) is 0 Å². The second-order valence-corrected chi connectivity index (χ2v) is 5.05. The topological polar surface area (TPSA) is 38.9 Å². The average molecular weight is 224 g/mol. The third kappa shape index (κ3) is 1.72. The number of nitrogens with two attached hydrogens (primary N) is 1. The van der Waals surface area contributed by atoms with Crippen LogP contribution in [0.15, 0.2) is 22.5 Å². The van der Waals surface area contributed by atoms with E-state index in [2.05, 4.69) is 24.0 Å². The zero-order valence-corrected chi connectivity index (χ0v) is 9.62. The van der Waals surface area contributed by atoms with Gasteiger partial charge in [-0.25, -0.2) is 4.98 Å². The van der Waals surface area contributed by atoms with Crippen LogP contribution in [0.4, 0.5) is 5.69 Å². The van der Waals surface area contributed by atoms with Gasteiger partial charge in [-0.05, 0) is 24.3 Å². The van der Waals surface area contributed by atoms with Gasteiger partial charge in [0.1, 0.15) is 5.52 Å². The molecule has 0 spiro atoms. The Labute approximate surface area is 91.5 Å². The van der Waals surface area contributed by atoms with E-state index < -0.39 is 0 Å². The number of hydrogen-bond donors (Lipinski definition) is 1. The van der Waals surface area contributed by atoms with E-state index in [9.17, 15) is 0 Å². The molecule has 2 nitrogen and oxygen atoms in total. The van der Waals surface area contributed by atoms with Crippen molar-refractivity contribution >= 4 is 39.0 Å². The molecule has 1 heterocycles. The fourth-order valence-corrected chi connectivity index (χ4v) is 2.80. The van der Waals surface area contributed by atoms with Gasteiger partial charge < -0.3 is 5.73 Å². The first-order valence-corrected chi connectivity index (χ1v) is 6.44. The standard InChI is InChI=1S/C10H12N2S2/c1-2-5-13-7-3-4-8-10(9(7)11)12-6-14-8/h3-4,6H,2,5,11H2,1H3. The Bertz CT molecular complexity index is 437. The van der Waals surface area contributed by atoms with Gasteiger partial charge in [0.2, 0.25) is 0 Å². The van der Waals surface area contributed by atoms with E-state index in [1.54, 1.807) is 23.1 Å². The number of benzene rings is 1. The summed E-state index contributed by atoms with van der Waals surface area (Å²) in [6.07, 6.45) is 1.17. The summed E-state index contributed by atoms with van der Waals surface area (Å²) in [5, 5.41) is 0. The van der Waals surface area contributed by atoms with Crippen LogP contribution in [0.5, 0.6) is 0 Å². The Kier molecular flexibility index (Phi) is 2.93. The van der Waals surface area contributed by atoms with Gasteiger partial charge in [-0.15, -0.1) is 23.1 Å². The first-order valence-electron chi connectivity index (χ1n) is 4.57. The number of nitrogens with zero attached hydrogens (tertiary/aromatic N) is 1. The lowest BCUT2D eigenvalue weighted by Gasteiger charge is -2.04. The lowest BCUT2D eigenvalue weighted by Crippen LogP contribution is -1.90. The van der Waals surface area contributed by atoms with Crippen LogP contribution in [0.1, 0.15) is 13.3 Å². The van der Waals surface area contributed by atoms with Gasteiger partial charge in [0, 0.05) is 4.90 Å². The highest BCUT2D eigenvalue weighted by Gasteiger charge is 2.06. The summed E-state index contributed by atoms with van der Waals surface area (Å²) in [6.45, 7) is 2.17. The number of anilines is 1. The highest BCUT2D eigenvalue weighted by molar-refractivity contribution is 7.99. The molecule has 0 aliphatic rings. The molecule has 0 aliphatic carbocycles. The molecule has 2 N–H and O–H groups in total. The molecule has 0 radical (unpaired) electrons. The van der Waals surface area contributed by atoms with Crippen LogP contribution >= 0.6 is 23.1 Å². The first-order chi connectivity index (χ1) is 6.83. The summed E-state index contributed by atoms with van der Waals surface area (Å²) in [5.74, 6) is 1.11. The van der Waals surface area contributed by atoms with Gasteiger partial charge in [0.05, 0.1) is 15.9 Å². The van der Waals surface area contributed by atoms with Crippen LogP contribution < -0.4 is 5.73 Å². The maximum atomic E-state index is 6.03. The van der Waals surface area contributed by atoms with Crippen LogP contribution in [-0.4, -0.2) is 10.7 Å². The molecule has 0 atom stereocenters. The average Bonchev–Trinajstić information content (AvgIpc) is 2.66. The number of thioether (sulfide) groups is 1. The van der Waals surface area contributed by atoms with E-state index in [1.165, 1.54) is 11.1 Å². The van der Waals surface area contributed by atoms with Gasteiger partial charge in [-0.3, -0.25) is 0 Å². The Balaban J connectivity index is 2.40. The van der Waals surface area contributed by atoms with Crippen LogP contribution in [0.25, 0.3) is 10.2 Å². The number of hydrogen-bond acceptors (Lipinski definition) is 4. The summed E-state index contributed by atoms with van der Waals surface area (Å²) >= 11 is 3.44. The Morgan fingerprint density at radius 1 is 1.50 bits per heavy atom. The van der Waals surface area contributed by atoms with Crippen LogP contribution in [0.3, 0.4) is 0 Å². The zero-order valence-electron chi connectivity index (χ0n) is 7.99. The molecule has 1 aromatic heterocycles. The van der Waals surface area contributed by atoms with E-state index in [1.807, 2.05) is 5.51 Å². The fraction of sp³-hybridized carbons (Fsp3) is 0.300. The zero-order chi connectivity index (χ0) is 9.97. The molecule has 2 aromatic rings. The van der Waals surface area contributed by atoms with E-state index in [0.29, 0.717) is 0 Å². The number of aromatic nitrogens is 1. The molecule has 2 rings (SSSR count). The largest absolute Gasteiger partial charge is 0.396 e. The van der Waals surface area contributed by atoms with Crippen molar-refractivity contribution in [3.63, 3.8) is 0 Å². The van der Waals surface area contributed by atoms with Crippen molar-refractivity contribution in [1.29, 1.82) is 0 Å². The maximum Gasteiger partial charge on any atom is 0.105 e. The lowest BCUT2D eigenvalue weighted by atomic mass is 10.3. The fourth-order valence-electron chi connectivity index (χ4n) is 1.27. The molecule has 0 saturated carbocycles. The minimum atomic E-state index is 0.835. The summed E-state index contributed by atoms with van der Waals surface area (Å²) in [6, 6.07) is 4.19. The highest BCUT2D eigenvalue weighted by Crippen LogP contribution is 2.32. The SMILES string of the molecule is CCCSc1ccc2scnc2c1N. The smallest absolute Gasteiger partial charge is 0.105 e. The molecular weight excluding hydrogens is 212 g/mol. The van der Waals surface area contributed by atoms with Crippen molar-refractivity contribution in [2.45, 2.75) is 18.2 Å². The minimum Gasteiger partial charge on any atom is -0.396 e. The molecular formula is C10H12N2S2. The third-order valence-electron chi connectivity index (χ3n) is 1.96. The summed E-state index contributed by atoms with van der Waals surface area (Å²) in [4.78, 5) is 5.42. The molecule has 14 heavy (non-hydrogen) atoms. The van der Waals surface area contributed by atoms with Gasteiger partial charge in [0.15, 0.2) is 0 Å². The van der Waals surface area contributed by atoms with Crippen molar-refractivity contribution < 1.29 is 0 Å². The minimum absolute atomic E-state index is 0.835. The van der Waals surface area contributed by atoms with Crippen molar-refractivity contribution in [2.75, 3.05) is 11.5 Å². The molecule has 4 heteroatoms. The van der Waals surface area contributed by atoms with Crippen LogP contribution in [0, 0.1) is 0 Å². The monoisotopic (exact) mass is 224 g/mol. The number of thiazole rings is 1. The molecule has 0 amide bonds. The Hall–Kier alpha value is -0.740. The van der Waals surface area contributed by atoms with Gasteiger partial charge in [-0.1, -0.05) is 6.92 Å². The Morgan fingerprint density at radius 3 is 3.14 bits per heavy atom. The molecule has 1 aromatic carbocycles. The summed E-state index contributed by atoms with van der Waals surface area (Å²) < 4.78 is 1.17. The van der Waals surface area contributed by atoms with E-state index in [-0.39, 0.29) is 0 Å². The molecule has 0 aliphatic heterocycles. The molecule has 0 fully saturated rings. The molecule has 74 valence electrons. The quantitative estimate of drug-likeness (QED) is 0.641. The van der Waals surface area contributed by atoms with Gasteiger partial charge in [0.25, 0.3) is 0 Å². The second kappa shape index (κ2) is 4.19. The van der Waals surface area contributed by atoms with E-state index in [0.717, 1.165) is 21.9 Å². The number of rotatable bonds is 3. The predicted octanol–water partition coefficient (Wildman–Crippen LogP) is 3.38. The van der Waals surface area contributed by atoms with Crippen molar-refractivity contribution in [1.82, 2.24) is 4.98 Å². The molecule has 0 saturated heterocycles. The van der Waals surface area contributed by atoms with E-state index in [4.69, 9.17) is 5.73 Å². The first kappa shape index (κ1) is 9.80. The molecule has 0 bridgehead atoms. The van der Waals surface area contributed by atoms with Crippen LogP contribution in [-0.2, 0) is 0 Å². The Morgan fingerprint density at radius 2 is 2.36 bits per heavy atom. The van der Waals surface area contributed by atoms with Crippen molar-refractivity contribution in [3.05, 3.63) is 17.6 Å². The summed E-state index contributed by atoms with van der Waals surface area (Å²) in [7, 11) is 0. The lowest BCUT2D eigenvalue weighted by molar-refractivity contribution is 1.10. The summed E-state index contributed by atoms with van der Waals surface area (Å²) in [5.41, 5.74) is 9.66. The van der Waals surface area contributed by atoms with Crippen LogP contribution in [0.2, 0.25) is 0 Å². The van der Waals surface area contributed by atoms with E-state index >= 15 is 0 Å². The normalized spacial score (nSPS) is 10.9. The third-order valence-corrected chi connectivity index (χ3v) is 4.04. The number of nitrogen functional groups attached to an aromatic ring is 1. The van der Waals surface area contributed by atoms with Crippen molar-refractivity contribution in [3.8, 4) is 0 Å². The number of fused-ring (bicyclic) bond motifs is 1. The van der Waals surface area contributed by atoms with Gasteiger partial charge >= 0.3 is 0 Å². The van der Waals surface area contributed by atoms with Gasteiger partial charge in [-0.2, -0.15) is 0 Å². The maximum absolute atomic E-state index is 6.03. The second-order valence-electron chi connectivity index (χ2n) is 3.02.